The molecule has 8 heteroatoms. The summed E-state index contributed by atoms with van der Waals surface area (Å²) in [5, 5.41) is 9.94. The van der Waals surface area contributed by atoms with Gasteiger partial charge in [-0.2, -0.15) is 4.98 Å². The lowest BCUT2D eigenvalue weighted by Crippen LogP contribution is -2.40. The van der Waals surface area contributed by atoms with E-state index >= 15 is 0 Å². The molecule has 1 saturated heterocycles. The molecule has 3 heterocycles. The Balaban J connectivity index is 1.16. The number of carbonyl (C=O) groups is 1. The summed E-state index contributed by atoms with van der Waals surface area (Å²) >= 11 is 7.78. The molecule has 0 radical (unpaired) electrons. The highest BCUT2D eigenvalue weighted by atomic mass is 35.5. The smallest absolute Gasteiger partial charge is 0.241 e. The number of amides is 1. The van der Waals surface area contributed by atoms with Gasteiger partial charge in [-0.1, -0.05) is 41.0 Å². The Morgan fingerprint density at radius 1 is 1.23 bits per heavy atom. The summed E-state index contributed by atoms with van der Waals surface area (Å²) in [5.41, 5.74) is 1.13. The number of aromatic nitrogens is 2. The first-order chi connectivity index (χ1) is 14.7. The quantitative estimate of drug-likeness (QED) is 0.521. The molecule has 4 rings (SSSR count). The van der Waals surface area contributed by atoms with E-state index in [0.717, 1.165) is 54.2 Å². The van der Waals surface area contributed by atoms with E-state index in [1.165, 1.54) is 0 Å². The zero-order chi connectivity index (χ0) is 20.8. The Morgan fingerprint density at radius 2 is 2.07 bits per heavy atom. The highest BCUT2D eigenvalue weighted by molar-refractivity contribution is 7.13. The molecular weight excluding hydrogens is 420 g/mol. The van der Waals surface area contributed by atoms with Gasteiger partial charge in [-0.05, 0) is 61.8 Å². The van der Waals surface area contributed by atoms with Gasteiger partial charge in [-0.25, -0.2) is 0 Å². The number of aryl methyl sites for hydroxylation is 1. The molecule has 2 aromatic heterocycles. The van der Waals surface area contributed by atoms with Crippen molar-refractivity contribution in [3.8, 4) is 10.7 Å². The Bertz CT molecular complexity index is 952. The lowest BCUT2D eigenvalue weighted by molar-refractivity contribution is -0.126. The van der Waals surface area contributed by atoms with Crippen LogP contribution in [0.1, 0.15) is 30.7 Å². The van der Waals surface area contributed by atoms with Crippen molar-refractivity contribution in [2.45, 2.75) is 32.2 Å². The summed E-state index contributed by atoms with van der Waals surface area (Å²) in [6.45, 7) is 3.02. The van der Waals surface area contributed by atoms with Gasteiger partial charge < -0.3 is 9.84 Å². The van der Waals surface area contributed by atoms with Crippen LogP contribution in [0.4, 0.5) is 0 Å². The second kappa shape index (κ2) is 10.2. The van der Waals surface area contributed by atoms with Crippen LogP contribution < -0.4 is 5.32 Å². The molecular formula is C22H25ClN4O2S. The molecule has 0 saturated carbocycles. The van der Waals surface area contributed by atoms with Crippen LogP contribution in [0.15, 0.2) is 46.3 Å². The maximum absolute atomic E-state index is 12.5. The average molecular weight is 445 g/mol. The van der Waals surface area contributed by atoms with Gasteiger partial charge in [0.05, 0.1) is 11.4 Å². The number of likely N-dealkylation sites (tertiary alicyclic amines) is 1. The molecule has 1 N–H and O–H groups in total. The normalized spacial score (nSPS) is 15.4. The average Bonchev–Trinajstić information content (AvgIpc) is 3.45. The SMILES string of the molecule is O=C(NCCCc1ccccc1Cl)C1CCN(Cc2nc(-c3cccs3)no2)CC1. The molecule has 0 bridgehead atoms. The fourth-order valence-corrected chi connectivity index (χ4v) is 4.58. The van der Waals surface area contributed by atoms with Gasteiger partial charge in [0, 0.05) is 17.5 Å². The van der Waals surface area contributed by atoms with E-state index < -0.39 is 0 Å². The number of thiophene rings is 1. The minimum atomic E-state index is 0.0749. The number of benzene rings is 1. The molecule has 0 unspecified atom stereocenters. The van der Waals surface area contributed by atoms with E-state index in [4.69, 9.17) is 16.1 Å². The molecule has 6 nitrogen and oxygen atoms in total. The standard InChI is InChI=1S/C22H25ClN4O2S/c23-18-7-2-1-5-16(18)6-3-11-24-22(28)17-9-12-27(13-10-17)15-20-25-21(26-29-20)19-8-4-14-30-19/h1-2,4-5,7-8,14,17H,3,6,9-13,15H2,(H,24,28). The second-order valence-electron chi connectivity index (χ2n) is 7.53. The second-order valence-corrected chi connectivity index (χ2v) is 8.88. The highest BCUT2D eigenvalue weighted by Gasteiger charge is 2.25. The number of carbonyl (C=O) groups excluding carboxylic acids is 1. The zero-order valence-electron chi connectivity index (χ0n) is 16.7. The maximum atomic E-state index is 12.5. The summed E-state index contributed by atoms with van der Waals surface area (Å²) in [6.07, 6.45) is 3.46. The highest BCUT2D eigenvalue weighted by Crippen LogP contribution is 2.23. The Hall–Kier alpha value is -2.22. The number of nitrogens with zero attached hydrogens (tertiary/aromatic N) is 3. The zero-order valence-corrected chi connectivity index (χ0v) is 18.3. The van der Waals surface area contributed by atoms with Gasteiger partial charge in [-0.3, -0.25) is 9.69 Å². The van der Waals surface area contributed by atoms with E-state index in [2.05, 4.69) is 20.4 Å². The van der Waals surface area contributed by atoms with Crippen molar-refractivity contribution in [3.63, 3.8) is 0 Å². The van der Waals surface area contributed by atoms with Gasteiger partial charge in [0.2, 0.25) is 17.6 Å². The molecule has 1 aliphatic rings. The Labute approximate surface area is 185 Å². The van der Waals surface area contributed by atoms with Crippen molar-refractivity contribution >= 4 is 28.8 Å². The van der Waals surface area contributed by atoms with Crippen LogP contribution >= 0.6 is 22.9 Å². The maximum Gasteiger partial charge on any atom is 0.241 e. The van der Waals surface area contributed by atoms with E-state index in [1.807, 2.05) is 41.8 Å². The first kappa shape index (κ1) is 21.0. The van der Waals surface area contributed by atoms with Gasteiger partial charge in [-0.15, -0.1) is 11.3 Å². The largest absolute Gasteiger partial charge is 0.356 e. The first-order valence-corrected chi connectivity index (χ1v) is 11.5. The minimum absolute atomic E-state index is 0.0749. The summed E-state index contributed by atoms with van der Waals surface area (Å²) in [6, 6.07) is 11.8. The number of rotatable bonds is 8. The van der Waals surface area contributed by atoms with Crippen LogP contribution in [0.2, 0.25) is 5.02 Å². The first-order valence-electron chi connectivity index (χ1n) is 10.3. The van der Waals surface area contributed by atoms with E-state index in [9.17, 15) is 4.79 Å². The number of piperidine rings is 1. The van der Waals surface area contributed by atoms with Crippen LogP contribution in [-0.4, -0.2) is 40.6 Å². The van der Waals surface area contributed by atoms with Crippen molar-refractivity contribution in [1.29, 1.82) is 0 Å². The summed E-state index contributed by atoms with van der Waals surface area (Å²) in [4.78, 5) is 20.2. The third kappa shape index (κ3) is 5.47. The van der Waals surface area contributed by atoms with Gasteiger partial charge in [0.1, 0.15) is 0 Å². The predicted molar refractivity (Wildman–Crippen MR) is 118 cm³/mol. The molecule has 3 aromatic rings. The molecule has 0 atom stereocenters. The third-order valence-electron chi connectivity index (χ3n) is 5.41. The lowest BCUT2D eigenvalue weighted by Gasteiger charge is -2.30. The van der Waals surface area contributed by atoms with Gasteiger partial charge in [0.25, 0.3) is 0 Å². The number of hydrogen-bond donors (Lipinski definition) is 1. The third-order valence-corrected chi connectivity index (χ3v) is 6.64. The molecule has 158 valence electrons. The van der Waals surface area contributed by atoms with Crippen molar-refractivity contribution < 1.29 is 9.32 Å². The molecule has 1 fully saturated rings. The molecule has 0 spiro atoms. The van der Waals surface area contributed by atoms with Crippen LogP contribution in [0.5, 0.6) is 0 Å². The van der Waals surface area contributed by atoms with Gasteiger partial charge >= 0.3 is 0 Å². The van der Waals surface area contributed by atoms with E-state index in [1.54, 1.807) is 11.3 Å². The molecule has 1 amide bonds. The fourth-order valence-electron chi connectivity index (χ4n) is 3.71. The van der Waals surface area contributed by atoms with Crippen LogP contribution in [0.3, 0.4) is 0 Å². The van der Waals surface area contributed by atoms with E-state index in [0.29, 0.717) is 24.8 Å². The molecule has 30 heavy (non-hydrogen) atoms. The van der Waals surface area contributed by atoms with Crippen molar-refractivity contribution in [2.75, 3.05) is 19.6 Å². The van der Waals surface area contributed by atoms with E-state index in [-0.39, 0.29) is 11.8 Å². The van der Waals surface area contributed by atoms with Gasteiger partial charge in [0.15, 0.2) is 0 Å². The summed E-state index contributed by atoms with van der Waals surface area (Å²) < 4.78 is 5.39. The topological polar surface area (TPSA) is 71.3 Å². The Kier molecular flexibility index (Phi) is 7.15. The number of hydrogen-bond acceptors (Lipinski definition) is 6. The van der Waals surface area contributed by atoms with Crippen LogP contribution in [0.25, 0.3) is 10.7 Å². The lowest BCUT2D eigenvalue weighted by atomic mass is 9.96. The Morgan fingerprint density at radius 3 is 2.83 bits per heavy atom. The number of nitrogens with one attached hydrogen (secondary N) is 1. The minimum Gasteiger partial charge on any atom is -0.356 e. The van der Waals surface area contributed by atoms with Crippen LogP contribution in [-0.2, 0) is 17.8 Å². The van der Waals surface area contributed by atoms with Crippen molar-refractivity contribution in [1.82, 2.24) is 20.4 Å². The molecule has 0 aliphatic carbocycles. The monoisotopic (exact) mass is 444 g/mol. The summed E-state index contributed by atoms with van der Waals surface area (Å²) in [7, 11) is 0. The predicted octanol–water partition coefficient (Wildman–Crippen LogP) is 4.41. The van der Waals surface area contributed by atoms with Crippen molar-refractivity contribution in [2.24, 2.45) is 5.92 Å². The molecule has 1 aromatic carbocycles. The fraction of sp³-hybridized carbons (Fsp3) is 0.409. The van der Waals surface area contributed by atoms with Crippen LogP contribution in [0, 0.1) is 5.92 Å². The molecule has 1 aliphatic heterocycles. The number of halogens is 1. The summed E-state index contributed by atoms with van der Waals surface area (Å²) in [5.74, 6) is 1.50. The van der Waals surface area contributed by atoms with Crippen molar-refractivity contribution in [3.05, 3.63) is 58.3 Å².